The highest BCUT2D eigenvalue weighted by molar-refractivity contribution is 9.10. The summed E-state index contributed by atoms with van der Waals surface area (Å²) in [4.78, 5) is 50.2. The van der Waals surface area contributed by atoms with Crippen LogP contribution in [0.2, 0.25) is 0 Å². The summed E-state index contributed by atoms with van der Waals surface area (Å²) >= 11 is 5.10. The zero-order valence-electron chi connectivity index (χ0n) is 19.9. The smallest absolute Gasteiger partial charge is 0.338 e. The van der Waals surface area contributed by atoms with Gasteiger partial charge in [-0.25, -0.2) is 4.79 Å². The number of ether oxygens (including phenoxy) is 3. The number of nitrogens with one attached hydrogen (secondary N) is 1. The number of rotatable bonds is 9. The first kappa shape index (κ1) is 26.9. The quantitative estimate of drug-likeness (QED) is 0.153. The number of non-ortho nitro benzene ring substituents is 1. The molecule has 2 unspecified atom stereocenters. The highest BCUT2D eigenvalue weighted by Crippen LogP contribution is 2.52. The molecule has 0 spiro atoms. The monoisotopic (exact) mass is 593 g/mol. The molecule has 2 saturated heterocycles. The Kier molecular flexibility index (Phi) is 7.76. The van der Waals surface area contributed by atoms with Gasteiger partial charge in [0.2, 0.25) is 0 Å². The minimum absolute atomic E-state index is 0.119. The van der Waals surface area contributed by atoms with Crippen LogP contribution in [0.5, 0.6) is 5.75 Å². The molecule has 2 aromatic rings. The number of alkyl halides is 1. The lowest BCUT2D eigenvalue weighted by molar-refractivity contribution is -0.384. The molecule has 4 rings (SSSR count). The Morgan fingerprint density at radius 1 is 1.22 bits per heavy atom. The van der Waals surface area contributed by atoms with Crippen LogP contribution in [0.15, 0.2) is 54.6 Å². The molecule has 2 heterocycles. The van der Waals surface area contributed by atoms with Gasteiger partial charge in [-0.15, -0.1) is 11.8 Å². The number of fused-ring (bicyclic) bond motifs is 1. The highest BCUT2D eigenvalue weighted by atomic mass is 79.9. The fraction of sp³-hybridized carbons (Fsp3) is 0.375. The van der Waals surface area contributed by atoms with Gasteiger partial charge in [0.1, 0.15) is 23.8 Å². The van der Waals surface area contributed by atoms with Crippen LogP contribution in [0.1, 0.15) is 17.3 Å². The maximum Gasteiger partial charge on any atom is 0.338 e. The average Bonchev–Trinajstić information content (AvgIpc) is 2.90. The van der Waals surface area contributed by atoms with Crippen molar-refractivity contribution >= 4 is 51.2 Å². The van der Waals surface area contributed by atoms with Gasteiger partial charge >= 0.3 is 5.97 Å². The second-order valence-electron chi connectivity index (χ2n) is 8.62. The topological polar surface area (TPSA) is 137 Å². The number of amides is 2. The fourth-order valence-corrected chi connectivity index (χ4v) is 6.57. The minimum Gasteiger partial charge on any atom is -0.484 e. The number of carbonyl (C=O) groups is 3. The summed E-state index contributed by atoms with van der Waals surface area (Å²) in [5.41, 5.74) is -1.40. The van der Waals surface area contributed by atoms with Crippen LogP contribution in [-0.2, 0) is 19.1 Å². The maximum absolute atomic E-state index is 13.2. The number of para-hydroxylation sites is 1. The molecule has 2 fully saturated rings. The van der Waals surface area contributed by atoms with Crippen molar-refractivity contribution < 1.29 is 33.5 Å². The molecule has 0 bridgehead atoms. The molecule has 2 aliphatic rings. The third kappa shape index (κ3) is 5.15. The number of nitro benzene ring substituents is 1. The molecule has 4 atom stereocenters. The lowest BCUT2D eigenvalue weighted by Crippen LogP contribution is -2.83. The third-order valence-electron chi connectivity index (χ3n) is 6.25. The van der Waals surface area contributed by atoms with Crippen molar-refractivity contribution in [3.8, 4) is 5.75 Å². The molecule has 13 heteroatoms. The summed E-state index contributed by atoms with van der Waals surface area (Å²) < 4.78 is 16.0. The first-order valence-corrected chi connectivity index (χ1v) is 13.0. The normalized spacial score (nSPS) is 26.5. The molecule has 0 aliphatic carbocycles. The molecule has 11 nitrogen and oxygen atoms in total. The number of hydrogen-bond donors (Lipinski definition) is 1. The Labute approximate surface area is 225 Å². The predicted molar refractivity (Wildman–Crippen MR) is 137 cm³/mol. The van der Waals surface area contributed by atoms with Crippen molar-refractivity contribution in [2.75, 3.05) is 26.1 Å². The summed E-state index contributed by atoms with van der Waals surface area (Å²) in [5.74, 6) is -0.529. The predicted octanol–water partition coefficient (Wildman–Crippen LogP) is 2.73. The number of nitrogens with zero attached hydrogens (tertiary/aromatic N) is 2. The van der Waals surface area contributed by atoms with Crippen LogP contribution in [0.25, 0.3) is 0 Å². The summed E-state index contributed by atoms with van der Waals surface area (Å²) in [7, 11) is 1.42. The first-order valence-electron chi connectivity index (χ1n) is 11.2. The van der Waals surface area contributed by atoms with Crippen LogP contribution in [0.4, 0.5) is 5.69 Å². The van der Waals surface area contributed by atoms with Gasteiger partial charge in [0.25, 0.3) is 17.5 Å². The Bertz CT molecular complexity index is 1200. The van der Waals surface area contributed by atoms with Gasteiger partial charge in [-0.1, -0.05) is 34.1 Å². The van der Waals surface area contributed by atoms with E-state index in [1.807, 2.05) is 13.0 Å². The molecule has 37 heavy (non-hydrogen) atoms. The Balaban J connectivity index is 1.43. The van der Waals surface area contributed by atoms with E-state index < -0.39 is 38.3 Å². The first-order chi connectivity index (χ1) is 17.6. The van der Waals surface area contributed by atoms with Gasteiger partial charge in [0, 0.05) is 25.0 Å². The zero-order valence-corrected chi connectivity index (χ0v) is 22.3. The molecule has 0 radical (unpaired) electrons. The van der Waals surface area contributed by atoms with Crippen molar-refractivity contribution in [3.63, 3.8) is 0 Å². The number of nitro groups is 1. The molecule has 0 saturated carbocycles. The molecule has 196 valence electrons. The van der Waals surface area contributed by atoms with Crippen LogP contribution < -0.4 is 10.1 Å². The lowest BCUT2D eigenvalue weighted by atomic mass is 9.91. The van der Waals surface area contributed by atoms with E-state index in [-0.39, 0.29) is 30.4 Å². The van der Waals surface area contributed by atoms with Gasteiger partial charge in [-0.3, -0.25) is 24.6 Å². The van der Waals surface area contributed by atoms with Gasteiger partial charge in [0.05, 0.1) is 14.8 Å². The zero-order chi connectivity index (χ0) is 26.8. The molecule has 2 aliphatic heterocycles. The van der Waals surface area contributed by atoms with E-state index in [2.05, 4.69) is 21.2 Å². The molecule has 2 aromatic carbocycles. The number of halogens is 1. The Hall–Kier alpha value is -3.16. The van der Waals surface area contributed by atoms with Crippen molar-refractivity contribution in [2.45, 2.75) is 28.4 Å². The van der Waals surface area contributed by atoms with Crippen molar-refractivity contribution in [1.82, 2.24) is 10.2 Å². The van der Waals surface area contributed by atoms with E-state index in [1.165, 1.54) is 48.0 Å². The molecule has 2 amide bonds. The van der Waals surface area contributed by atoms with Crippen molar-refractivity contribution in [2.24, 2.45) is 0 Å². The molecule has 0 aromatic heterocycles. The number of benzene rings is 2. The summed E-state index contributed by atoms with van der Waals surface area (Å²) in [6.45, 7) is 1.28. The standard InChI is InChI=1S/C24H24BrN3O8S/c1-23(25)14-37-21-19(26-18(29)12-35-17-6-4-3-5-7-17)20(30)27(21)24(23,34-2)13-36-22(31)15-8-10-16(11-9-15)28(32)33/h3-11,19,21H,12-14H2,1-2H3,(H,26,29)/t19?,21-,23-,24?/m1/s1. The van der Waals surface area contributed by atoms with E-state index in [4.69, 9.17) is 14.2 Å². The van der Waals surface area contributed by atoms with E-state index in [0.717, 1.165) is 0 Å². The molecular weight excluding hydrogens is 570 g/mol. The number of β-lactam (4-membered cyclic amide) rings is 1. The van der Waals surface area contributed by atoms with Crippen molar-refractivity contribution in [1.29, 1.82) is 0 Å². The van der Waals surface area contributed by atoms with Crippen LogP contribution in [-0.4, -0.2) is 75.1 Å². The maximum atomic E-state index is 13.2. The summed E-state index contributed by atoms with van der Waals surface area (Å²) in [6.07, 6.45) is 0. The van der Waals surface area contributed by atoms with Gasteiger partial charge in [0.15, 0.2) is 12.3 Å². The van der Waals surface area contributed by atoms with Crippen molar-refractivity contribution in [3.05, 3.63) is 70.3 Å². The number of esters is 1. The van der Waals surface area contributed by atoms with Gasteiger partial charge in [-0.2, -0.15) is 0 Å². The second-order valence-corrected chi connectivity index (χ2v) is 11.5. The van der Waals surface area contributed by atoms with E-state index >= 15 is 0 Å². The largest absolute Gasteiger partial charge is 0.484 e. The van der Waals surface area contributed by atoms with E-state index in [1.54, 1.807) is 24.3 Å². The number of thioether (sulfide) groups is 1. The third-order valence-corrected chi connectivity index (χ3v) is 9.09. The van der Waals surface area contributed by atoms with Crippen LogP contribution >= 0.6 is 27.7 Å². The second kappa shape index (κ2) is 10.7. The van der Waals surface area contributed by atoms with Crippen LogP contribution in [0, 0.1) is 10.1 Å². The number of methoxy groups -OCH3 is 1. The molecular formula is C24H24BrN3O8S. The number of carbonyl (C=O) groups excluding carboxylic acids is 3. The highest BCUT2D eigenvalue weighted by Gasteiger charge is 2.67. The molecule has 1 N–H and O–H groups in total. The Morgan fingerprint density at radius 3 is 2.51 bits per heavy atom. The Morgan fingerprint density at radius 2 is 1.89 bits per heavy atom. The number of hydrogen-bond acceptors (Lipinski definition) is 9. The van der Waals surface area contributed by atoms with E-state index in [0.29, 0.717) is 11.5 Å². The fourth-order valence-electron chi connectivity index (χ4n) is 4.19. The average molecular weight is 594 g/mol. The van der Waals surface area contributed by atoms with Gasteiger partial charge < -0.3 is 19.5 Å². The SMILES string of the molecule is COC1(COC(=O)c2ccc([N+](=O)[O-])cc2)N2C(=O)C(NC(=O)COc3ccccc3)[C@H]2SC[C@@]1(C)Br. The van der Waals surface area contributed by atoms with Crippen LogP contribution in [0.3, 0.4) is 0 Å². The summed E-state index contributed by atoms with van der Waals surface area (Å²) in [6, 6.07) is 13.1. The minimum atomic E-state index is -1.36. The van der Waals surface area contributed by atoms with Gasteiger partial charge in [-0.05, 0) is 31.2 Å². The lowest BCUT2D eigenvalue weighted by Gasteiger charge is -2.62. The summed E-state index contributed by atoms with van der Waals surface area (Å²) in [5, 5.41) is 13.1. The van der Waals surface area contributed by atoms with E-state index in [9.17, 15) is 24.5 Å².